The maximum absolute atomic E-state index is 13.5. The summed E-state index contributed by atoms with van der Waals surface area (Å²) in [5.41, 5.74) is 3.42. The molecule has 4 aromatic rings. The summed E-state index contributed by atoms with van der Waals surface area (Å²) >= 11 is 0. The van der Waals surface area contributed by atoms with E-state index < -0.39 is 16.1 Å². The van der Waals surface area contributed by atoms with Gasteiger partial charge in [0.1, 0.15) is 17.4 Å². The molecule has 0 bridgehead atoms. The minimum atomic E-state index is -3.92. The lowest BCUT2D eigenvalue weighted by molar-refractivity contribution is 0.297. The van der Waals surface area contributed by atoms with Crippen LogP contribution in [0.5, 0.6) is 11.5 Å². The van der Waals surface area contributed by atoms with Gasteiger partial charge in [-0.05, 0) is 43.2 Å². The zero-order valence-corrected chi connectivity index (χ0v) is 19.3. The third kappa shape index (κ3) is 4.10. The van der Waals surface area contributed by atoms with Crippen LogP contribution in [0.2, 0.25) is 0 Å². The van der Waals surface area contributed by atoms with Crippen LogP contribution in [-0.4, -0.2) is 21.6 Å². The van der Waals surface area contributed by atoms with Gasteiger partial charge in [0, 0.05) is 23.4 Å². The molecule has 7 heteroatoms. The molecule has 2 heterocycles. The minimum absolute atomic E-state index is 0.110. The van der Waals surface area contributed by atoms with Gasteiger partial charge in [0.05, 0.1) is 18.1 Å². The number of benzene rings is 3. The molecule has 0 radical (unpaired) electrons. The maximum Gasteiger partial charge on any atom is 0.241 e. The van der Waals surface area contributed by atoms with Gasteiger partial charge >= 0.3 is 0 Å². The van der Waals surface area contributed by atoms with Crippen LogP contribution < -0.4 is 14.2 Å². The predicted octanol–water partition coefficient (Wildman–Crippen LogP) is 5.28. The fourth-order valence-electron chi connectivity index (χ4n) is 4.17. The van der Waals surface area contributed by atoms with Crippen LogP contribution in [-0.2, 0) is 10.0 Å². The SMILES string of the molecule is Cc1ccccc1C(NS(=O)(=O)c1ccc2c(c1)OCCCO2)c1oc2ccccc2c1C. The lowest BCUT2D eigenvalue weighted by atomic mass is 9.98. The number of sulfonamides is 1. The van der Waals surface area contributed by atoms with E-state index >= 15 is 0 Å². The summed E-state index contributed by atoms with van der Waals surface area (Å²) in [6, 6.07) is 19.4. The van der Waals surface area contributed by atoms with Gasteiger partial charge in [0.15, 0.2) is 11.5 Å². The number of fused-ring (bicyclic) bond motifs is 2. The zero-order valence-electron chi connectivity index (χ0n) is 18.5. The van der Waals surface area contributed by atoms with E-state index in [0.29, 0.717) is 30.5 Å². The molecule has 1 unspecified atom stereocenters. The zero-order chi connectivity index (χ0) is 23.0. The van der Waals surface area contributed by atoms with Crippen LogP contribution in [0.15, 0.2) is 76.0 Å². The Labute approximate surface area is 193 Å². The van der Waals surface area contributed by atoms with Gasteiger partial charge in [-0.25, -0.2) is 8.42 Å². The topological polar surface area (TPSA) is 77.8 Å². The maximum atomic E-state index is 13.5. The van der Waals surface area contributed by atoms with E-state index in [0.717, 1.165) is 34.1 Å². The molecule has 0 spiro atoms. The van der Waals surface area contributed by atoms with E-state index in [1.54, 1.807) is 6.07 Å². The lowest BCUT2D eigenvalue weighted by Gasteiger charge is -2.20. The van der Waals surface area contributed by atoms with E-state index in [9.17, 15) is 8.42 Å². The van der Waals surface area contributed by atoms with Crippen molar-refractivity contribution >= 4 is 21.0 Å². The van der Waals surface area contributed by atoms with Crippen molar-refractivity contribution in [1.82, 2.24) is 4.72 Å². The molecule has 1 atom stereocenters. The van der Waals surface area contributed by atoms with Gasteiger partial charge in [0.2, 0.25) is 10.0 Å². The first-order valence-corrected chi connectivity index (χ1v) is 12.4. The third-order valence-corrected chi connectivity index (χ3v) is 7.37. The van der Waals surface area contributed by atoms with Gasteiger partial charge in [0.25, 0.3) is 0 Å². The van der Waals surface area contributed by atoms with Crippen molar-refractivity contribution in [3.05, 3.63) is 89.2 Å². The Bertz CT molecular complexity index is 1420. The molecule has 33 heavy (non-hydrogen) atoms. The highest BCUT2D eigenvalue weighted by molar-refractivity contribution is 7.89. The monoisotopic (exact) mass is 463 g/mol. The summed E-state index contributed by atoms with van der Waals surface area (Å²) in [6.07, 6.45) is 0.746. The Balaban J connectivity index is 1.60. The molecule has 1 aromatic heterocycles. The van der Waals surface area contributed by atoms with E-state index in [4.69, 9.17) is 13.9 Å². The predicted molar refractivity (Wildman–Crippen MR) is 126 cm³/mol. The van der Waals surface area contributed by atoms with Gasteiger partial charge in [-0.3, -0.25) is 0 Å². The smallest absolute Gasteiger partial charge is 0.241 e. The summed E-state index contributed by atoms with van der Waals surface area (Å²) in [6.45, 7) is 4.93. The van der Waals surface area contributed by atoms with E-state index in [1.807, 2.05) is 62.4 Å². The summed E-state index contributed by atoms with van der Waals surface area (Å²) in [5.74, 6) is 1.56. The first-order valence-electron chi connectivity index (χ1n) is 10.9. The average Bonchev–Trinajstić information content (AvgIpc) is 2.98. The van der Waals surface area contributed by atoms with E-state index in [2.05, 4.69) is 4.72 Å². The van der Waals surface area contributed by atoms with Crippen LogP contribution in [0, 0.1) is 13.8 Å². The number of hydrogen-bond donors (Lipinski definition) is 1. The number of aryl methyl sites for hydroxylation is 2. The molecule has 6 nitrogen and oxygen atoms in total. The molecule has 3 aromatic carbocycles. The molecule has 0 fully saturated rings. The summed E-state index contributed by atoms with van der Waals surface area (Å²) < 4.78 is 47.5. The Kier molecular flexibility index (Phi) is 5.60. The van der Waals surface area contributed by atoms with Crippen molar-refractivity contribution in [1.29, 1.82) is 0 Å². The molecule has 0 saturated heterocycles. The van der Waals surface area contributed by atoms with Gasteiger partial charge < -0.3 is 13.9 Å². The summed E-state index contributed by atoms with van der Waals surface area (Å²) in [5, 5.41) is 0.959. The standard InChI is InChI=1S/C26H25NO5S/c1-17-8-3-4-9-20(17)25(26-18(2)21-10-5-6-11-22(21)32-26)27-33(28,29)19-12-13-23-24(16-19)31-15-7-14-30-23/h3-6,8-13,16,25,27H,7,14-15H2,1-2H3. The number of nitrogens with one attached hydrogen (secondary N) is 1. The number of ether oxygens (including phenoxy) is 2. The molecule has 0 aliphatic carbocycles. The van der Waals surface area contributed by atoms with Crippen LogP contribution in [0.1, 0.15) is 34.9 Å². The van der Waals surface area contributed by atoms with Crippen molar-refractivity contribution in [2.75, 3.05) is 13.2 Å². The lowest BCUT2D eigenvalue weighted by Crippen LogP contribution is -2.30. The van der Waals surface area contributed by atoms with E-state index in [1.165, 1.54) is 12.1 Å². The second kappa shape index (κ2) is 8.57. The molecule has 1 aliphatic rings. The second-order valence-electron chi connectivity index (χ2n) is 8.16. The van der Waals surface area contributed by atoms with Gasteiger partial charge in [-0.15, -0.1) is 0 Å². The molecule has 1 N–H and O–H groups in total. The van der Waals surface area contributed by atoms with Crippen LogP contribution in [0.3, 0.4) is 0 Å². The minimum Gasteiger partial charge on any atom is -0.490 e. The Morgan fingerprint density at radius 3 is 2.39 bits per heavy atom. The van der Waals surface area contributed by atoms with Crippen molar-refractivity contribution < 1.29 is 22.3 Å². The summed E-state index contributed by atoms with van der Waals surface area (Å²) in [7, 11) is -3.92. The number of hydrogen-bond acceptors (Lipinski definition) is 5. The summed E-state index contributed by atoms with van der Waals surface area (Å²) in [4.78, 5) is 0.110. The molecule has 0 saturated carbocycles. The van der Waals surface area contributed by atoms with Crippen LogP contribution >= 0.6 is 0 Å². The first kappa shape index (κ1) is 21.6. The van der Waals surface area contributed by atoms with Crippen LogP contribution in [0.4, 0.5) is 0 Å². The van der Waals surface area contributed by atoms with Crippen molar-refractivity contribution in [3.63, 3.8) is 0 Å². The van der Waals surface area contributed by atoms with E-state index in [-0.39, 0.29) is 4.90 Å². The fraction of sp³-hybridized carbons (Fsp3) is 0.231. The molecular formula is C26H25NO5S. The average molecular weight is 464 g/mol. The number of furan rings is 1. The van der Waals surface area contributed by atoms with Gasteiger partial charge in [-0.1, -0.05) is 42.5 Å². The Morgan fingerprint density at radius 1 is 0.879 bits per heavy atom. The van der Waals surface area contributed by atoms with Gasteiger partial charge in [-0.2, -0.15) is 4.72 Å². The highest BCUT2D eigenvalue weighted by atomic mass is 32.2. The van der Waals surface area contributed by atoms with Crippen LogP contribution in [0.25, 0.3) is 11.0 Å². The highest BCUT2D eigenvalue weighted by Gasteiger charge is 2.29. The quantitative estimate of drug-likeness (QED) is 0.436. The van der Waals surface area contributed by atoms with Crippen molar-refractivity contribution in [2.24, 2.45) is 0 Å². The van der Waals surface area contributed by atoms with Crippen molar-refractivity contribution in [2.45, 2.75) is 31.2 Å². The molecule has 5 rings (SSSR count). The number of para-hydroxylation sites is 1. The molecule has 170 valence electrons. The normalized spacial score (nSPS) is 14.7. The molecule has 1 aliphatic heterocycles. The fourth-order valence-corrected chi connectivity index (χ4v) is 5.36. The van der Waals surface area contributed by atoms with Crippen molar-refractivity contribution in [3.8, 4) is 11.5 Å². The number of rotatable bonds is 5. The Morgan fingerprint density at radius 2 is 1.61 bits per heavy atom. The Hall–Kier alpha value is -3.29. The second-order valence-corrected chi connectivity index (χ2v) is 9.87. The highest BCUT2D eigenvalue weighted by Crippen LogP contribution is 2.36. The first-order chi connectivity index (χ1) is 15.9. The molecule has 0 amide bonds. The largest absolute Gasteiger partial charge is 0.490 e. The molecular weight excluding hydrogens is 438 g/mol. The third-order valence-electron chi connectivity index (χ3n) is 5.94.